The van der Waals surface area contributed by atoms with Crippen molar-refractivity contribution in [2.24, 2.45) is 5.16 Å². The Labute approximate surface area is 163 Å². The van der Waals surface area contributed by atoms with Gasteiger partial charge in [-0.1, -0.05) is 70.8 Å². The second kappa shape index (κ2) is 6.43. The minimum absolute atomic E-state index is 0.100. The minimum Gasteiger partial charge on any atom is -0.374 e. The van der Waals surface area contributed by atoms with Crippen molar-refractivity contribution >= 4 is 39.7 Å². The molecule has 0 fully saturated rings. The molecule has 0 saturated heterocycles. The highest BCUT2D eigenvalue weighted by molar-refractivity contribution is 6.34. The van der Waals surface area contributed by atoms with Crippen LogP contribution in [0.3, 0.4) is 0 Å². The Morgan fingerprint density at radius 2 is 1.59 bits per heavy atom. The molecule has 138 valence electrons. The largest absolute Gasteiger partial charge is 0.435 e. The molecule has 0 bridgehead atoms. The van der Waals surface area contributed by atoms with Gasteiger partial charge in [0, 0.05) is 27.6 Å². The van der Waals surface area contributed by atoms with Crippen molar-refractivity contribution in [1.82, 2.24) is 0 Å². The average molecular weight is 410 g/mol. The van der Waals surface area contributed by atoms with Crippen LogP contribution in [-0.4, -0.2) is 11.9 Å². The average Bonchev–Trinajstić information content (AvgIpc) is 3.07. The Balaban J connectivity index is 1.82. The molecule has 1 aliphatic rings. The van der Waals surface area contributed by atoms with E-state index in [1.165, 1.54) is 18.2 Å². The summed E-state index contributed by atoms with van der Waals surface area (Å²) in [6.07, 6.45) is -5.18. The molecule has 7 heteroatoms. The predicted molar refractivity (Wildman–Crippen MR) is 100 cm³/mol. The van der Waals surface area contributed by atoms with Crippen molar-refractivity contribution in [1.29, 1.82) is 0 Å². The van der Waals surface area contributed by atoms with Gasteiger partial charge in [0.15, 0.2) is 0 Å². The van der Waals surface area contributed by atoms with Crippen LogP contribution in [0, 0.1) is 0 Å². The monoisotopic (exact) mass is 409 g/mol. The SMILES string of the molecule is FC(F)(F)C1(c2cc(Cl)cc(Cl)c2)CC(c2cccc3ccccc23)=NO1. The van der Waals surface area contributed by atoms with E-state index in [2.05, 4.69) is 5.16 Å². The summed E-state index contributed by atoms with van der Waals surface area (Å²) in [6, 6.07) is 16.6. The number of nitrogens with zero attached hydrogens (tertiary/aromatic N) is 1. The summed E-state index contributed by atoms with van der Waals surface area (Å²) in [7, 11) is 0. The number of fused-ring (bicyclic) bond motifs is 1. The Kier molecular flexibility index (Phi) is 4.32. The Morgan fingerprint density at radius 1 is 0.926 bits per heavy atom. The summed E-state index contributed by atoms with van der Waals surface area (Å²) in [5.41, 5.74) is -1.98. The topological polar surface area (TPSA) is 21.6 Å². The summed E-state index contributed by atoms with van der Waals surface area (Å²) >= 11 is 11.9. The van der Waals surface area contributed by atoms with E-state index in [1.807, 2.05) is 30.3 Å². The quantitative estimate of drug-likeness (QED) is 0.459. The molecule has 2 nitrogen and oxygen atoms in total. The molecule has 1 aliphatic heterocycles. The molecule has 1 heterocycles. The minimum atomic E-state index is -4.71. The van der Waals surface area contributed by atoms with Gasteiger partial charge in [-0.15, -0.1) is 0 Å². The van der Waals surface area contributed by atoms with Gasteiger partial charge >= 0.3 is 6.18 Å². The van der Waals surface area contributed by atoms with Crippen LogP contribution in [0.25, 0.3) is 10.8 Å². The first-order valence-corrected chi connectivity index (χ1v) is 8.82. The van der Waals surface area contributed by atoms with Crippen molar-refractivity contribution < 1.29 is 18.0 Å². The molecule has 0 saturated carbocycles. The summed E-state index contributed by atoms with van der Waals surface area (Å²) in [5.74, 6) is 0. The third-order valence-electron chi connectivity index (χ3n) is 4.62. The lowest BCUT2D eigenvalue weighted by Crippen LogP contribution is -2.42. The molecule has 0 N–H and O–H groups in total. The molecule has 3 aromatic rings. The number of rotatable bonds is 2. The van der Waals surface area contributed by atoms with E-state index in [0.717, 1.165) is 10.8 Å². The maximum atomic E-state index is 14.1. The van der Waals surface area contributed by atoms with Crippen LogP contribution in [0.5, 0.6) is 0 Å². The third-order valence-corrected chi connectivity index (χ3v) is 5.05. The van der Waals surface area contributed by atoms with E-state index in [1.54, 1.807) is 12.1 Å². The molecule has 0 aliphatic carbocycles. The van der Waals surface area contributed by atoms with E-state index in [0.29, 0.717) is 5.56 Å². The molecular weight excluding hydrogens is 398 g/mol. The predicted octanol–water partition coefficient (Wildman–Crippen LogP) is 6.73. The second-order valence-electron chi connectivity index (χ2n) is 6.32. The van der Waals surface area contributed by atoms with E-state index in [9.17, 15) is 13.2 Å². The van der Waals surface area contributed by atoms with E-state index >= 15 is 0 Å². The van der Waals surface area contributed by atoms with Crippen molar-refractivity contribution in [2.75, 3.05) is 0 Å². The number of benzene rings is 3. The third kappa shape index (κ3) is 3.05. The zero-order valence-corrected chi connectivity index (χ0v) is 15.2. The van der Waals surface area contributed by atoms with Gasteiger partial charge in [-0.05, 0) is 29.0 Å². The normalized spacial score (nSPS) is 19.8. The number of halogens is 5. The second-order valence-corrected chi connectivity index (χ2v) is 7.19. The summed E-state index contributed by atoms with van der Waals surface area (Å²) in [4.78, 5) is 5.06. The Morgan fingerprint density at radius 3 is 2.30 bits per heavy atom. The highest BCUT2D eigenvalue weighted by Crippen LogP contribution is 2.50. The lowest BCUT2D eigenvalue weighted by molar-refractivity contribution is -0.275. The van der Waals surface area contributed by atoms with Crippen LogP contribution in [-0.2, 0) is 10.4 Å². The van der Waals surface area contributed by atoms with Gasteiger partial charge in [0.1, 0.15) is 0 Å². The first-order valence-electron chi connectivity index (χ1n) is 8.07. The van der Waals surface area contributed by atoms with Crippen LogP contribution >= 0.6 is 23.2 Å². The molecule has 1 atom stereocenters. The number of alkyl halides is 3. The first kappa shape index (κ1) is 18.1. The number of hydrogen-bond acceptors (Lipinski definition) is 2. The van der Waals surface area contributed by atoms with Crippen molar-refractivity contribution in [3.63, 3.8) is 0 Å². The van der Waals surface area contributed by atoms with Crippen LogP contribution < -0.4 is 0 Å². The van der Waals surface area contributed by atoms with E-state index in [4.69, 9.17) is 28.0 Å². The van der Waals surface area contributed by atoms with Gasteiger partial charge in [0.25, 0.3) is 5.60 Å². The lowest BCUT2D eigenvalue weighted by atomic mass is 9.85. The van der Waals surface area contributed by atoms with Crippen molar-refractivity contribution in [2.45, 2.75) is 18.2 Å². The Bertz CT molecular complexity index is 1040. The van der Waals surface area contributed by atoms with Crippen LogP contribution in [0.4, 0.5) is 13.2 Å². The molecule has 0 radical (unpaired) electrons. The fraction of sp³-hybridized carbons (Fsp3) is 0.150. The van der Waals surface area contributed by atoms with Crippen LogP contribution in [0.15, 0.2) is 65.8 Å². The fourth-order valence-electron chi connectivity index (χ4n) is 3.31. The summed E-state index contributed by atoms with van der Waals surface area (Å²) in [6.45, 7) is 0. The smallest absolute Gasteiger partial charge is 0.374 e. The molecule has 3 aromatic carbocycles. The molecule has 4 rings (SSSR count). The zero-order valence-electron chi connectivity index (χ0n) is 13.7. The number of hydrogen-bond donors (Lipinski definition) is 0. The molecule has 0 amide bonds. The van der Waals surface area contributed by atoms with Gasteiger partial charge in [0.2, 0.25) is 0 Å². The molecule has 1 unspecified atom stereocenters. The van der Waals surface area contributed by atoms with E-state index in [-0.39, 0.29) is 21.3 Å². The lowest BCUT2D eigenvalue weighted by Gasteiger charge is -2.29. The van der Waals surface area contributed by atoms with Crippen LogP contribution in [0.1, 0.15) is 17.5 Å². The molecular formula is C20H12Cl2F3NO. The van der Waals surface area contributed by atoms with Gasteiger partial charge in [-0.25, -0.2) is 0 Å². The zero-order chi connectivity index (χ0) is 19.2. The fourth-order valence-corrected chi connectivity index (χ4v) is 3.84. The summed E-state index contributed by atoms with van der Waals surface area (Å²) in [5, 5.41) is 5.74. The van der Waals surface area contributed by atoms with Crippen molar-refractivity contribution in [3.8, 4) is 0 Å². The number of oxime groups is 1. The maximum absolute atomic E-state index is 14.1. The van der Waals surface area contributed by atoms with Gasteiger partial charge in [-0.2, -0.15) is 13.2 Å². The highest BCUT2D eigenvalue weighted by atomic mass is 35.5. The standard InChI is InChI=1S/C20H12Cl2F3NO/c21-14-8-13(9-15(22)10-14)19(20(23,24)25)11-18(26-27-19)17-7-3-5-12-4-1-2-6-16(12)17/h1-10H,11H2. The maximum Gasteiger partial charge on any atom is 0.435 e. The highest BCUT2D eigenvalue weighted by Gasteiger charge is 2.62. The van der Waals surface area contributed by atoms with Gasteiger partial charge in [-0.3, -0.25) is 0 Å². The molecule has 27 heavy (non-hydrogen) atoms. The Hall–Kier alpha value is -2.24. The summed E-state index contributed by atoms with van der Waals surface area (Å²) < 4.78 is 42.3. The van der Waals surface area contributed by atoms with Crippen LogP contribution in [0.2, 0.25) is 10.0 Å². The molecule has 0 spiro atoms. The molecule has 0 aromatic heterocycles. The van der Waals surface area contributed by atoms with Crippen molar-refractivity contribution in [3.05, 3.63) is 81.8 Å². The first-order chi connectivity index (χ1) is 12.8. The van der Waals surface area contributed by atoms with Gasteiger partial charge < -0.3 is 4.84 Å². The van der Waals surface area contributed by atoms with E-state index < -0.39 is 18.2 Å². The van der Waals surface area contributed by atoms with Gasteiger partial charge in [0.05, 0.1) is 5.71 Å².